The third-order valence-electron chi connectivity index (χ3n) is 5.34. The minimum Gasteiger partial charge on any atom is -0.300 e. The van der Waals surface area contributed by atoms with Gasteiger partial charge in [0.25, 0.3) is 5.56 Å². The van der Waals surface area contributed by atoms with Gasteiger partial charge in [0.2, 0.25) is 5.91 Å². The summed E-state index contributed by atoms with van der Waals surface area (Å²) in [6.45, 7) is 2.53. The van der Waals surface area contributed by atoms with Crippen LogP contribution in [0.4, 0.5) is 5.13 Å². The van der Waals surface area contributed by atoms with Gasteiger partial charge >= 0.3 is 0 Å². The average molecular weight is 436 g/mol. The van der Waals surface area contributed by atoms with E-state index >= 15 is 0 Å². The first kappa shape index (κ1) is 19.6. The van der Waals surface area contributed by atoms with Gasteiger partial charge in [-0.15, -0.1) is 11.3 Å². The number of hydrogen-bond acceptors (Lipinski definition) is 7. The standard InChI is InChI=1S/C21H21N7O2S/c1-26-19-15(9-23-26)20(30)28(13-22-19)12-18(29)25-21-24-16-7-8-27(11-17(16)31-21)10-14-5-3-2-4-6-14/h2-6,9,13H,7-8,10-12H2,1H3,(H,24,25,29). The number of carbonyl (C=O) groups excluding carboxylic acids is 1. The molecule has 10 heteroatoms. The predicted octanol–water partition coefficient (Wildman–Crippen LogP) is 1.78. The van der Waals surface area contributed by atoms with Crippen molar-refractivity contribution in [3.05, 3.63) is 69.3 Å². The smallest absolute Gasteiger partial charge is 0.264 e. The second-order valence-electron chi connectivity index (χ2n) is 7.57. The summed E-state index contributed by atoms with van der Waals surface area (Å²) in [5.74, 6) is -0.306. The molecule has 31 heavy (non-hydrogen) atoms. The van der Waals surface area contributed by atoms with E-state index in [-0.39, 0.29) is 18.0 Å². The molecule has 5 rings (SSSR count). The number of carbonyl (C=O) groups is 1. The lowest BCUT2D eigenvalue weighted by Gasteiger charge is -2.25. The first-order valence-electron chi connectivity index (χ1n) is 9.98. The second-order valence-corrected chi connectivity index (χ2v) is 8.65. The molecule has 3 aromatic heterocycles. The lowest BCUT2D eigenvalue weighted by atomic mass is 10.1. The van der Waals surface area contributed by atoms with Gasteiger partial charge in [-0.2, -0.15) is 5.10 Å². The van der Waals surface area contributed by atoms with Gasteiger partial charge in [-0.1, -0.05) is 30.3 Å². The van der Waals surface area contributed by atoms with Gasteiger partial charge in [0.15, 0.2) is 10.8 Å². The van der Waals surface area contributed by atoms with Crippen LogP contribution in [0.5, 0.6) is 0 Å². The lowest BCUT2D eigenvalue weighted by molar-refractivity contribution is -0.116. The van der Waals surface area contributed by atoms with Crippen LogP contribution in [0.2, 0.25) is 0 Å². The zero-order chi connectivity index (χ0) is 21.4. The molecule has 0 radical (unpaired) electrons. The number of aromatic nitrogens is 5. The van der Waals surface area contributed by atoms with Crippen molar-refractivity contribution < 1.29 is 4.79 Å². The van der Waals surface area contributed by atoms with E-state index in [9.17, 15) is 9.59 Å². The molecule has 0 aliphatic carbocycles. The number of benzene rings is 1. The van der Waals surface area contributed by atoms with Crippen LogP contribution in [-0.2, 0) is 37.9 Å². The maximum Gasteiger partial charge on any atom is 0.264 e. The van der Waals surface area contributed by atoms with Crippen molar-refractivity contribution in [2.24, 2.45) is 7.05 Å². The van der Waals surface area contributed by atoms with Crippen molar-refractivity contribution in [3.8, 4) is 0 Å². The average Bonchev–Trinajstić information content (AvgIpc) is 3.33. The molecule has 0 fully saturated rings. The van der Waals surface area contributed by atoms with Gasteiger partial charge in [0.05, 0.1) is 11.9 Å². The predicted molar refractivity (Wildman–Crippen MR) is 118 cm³/mol. The Morgan fingerprint density at radius 2 is 2.10 bits per heavy atom. The molecule has 0 bridgehead atoms. The summed E-state index contributed by atoms with van der Waals surface area (Å²) in [7, 11) is 1.72. The second kappa shape index (κ2) is 8.05. The largest absolute Gasteiger partial charge is 0.300 e. The monoisotopic (exact) mass is 435 g/mol. The van der Waals surface area contributed by atoms with Gasteiger partial charge in [-0.05, 0) is 5.56 Å². The third kappa shape index (κ3) is 3.99. The van der Waals surface area contributed by atoms with Gasteiger partial charge < -0.3 is 5.32 Å². The Labute approximate surface area is 182 Å². The van der Waals surface area contributed by atoms with Crippen LogP contribution >= 0.6 is 11.3 Å². The Bertz CT molecular complexity index is 1310. The van der Waals surface area contributed by atoms with Crippen LogP contribution in [0.3, 0.4) is 0 Å². The number of rotatable bonds is 5. The van der Waals surface area contributed by atoms with E-state index in [1.807, 2.05) is 6.07 Å². The Morgan fingerprint density at radius 1 is 1.26 bits per heavy atom. The minimum absolute atomic E-state index is 0.124. The molecule has 0 saturated heterocycles. The fraction of sp³-hybridized carbons (Fsp3) is 0.286. The Morgan fingerprint density at radius 3 is 2.94 bits per heavy atom. The van der Waals surface area contributed by atoms with E-state index < -0.39 is 0 Å². The summed E-state index contributed by atoms with van der Waals surface area (Å²) in [6.07, 6.45) is 3.70. The van der Waals surface area contributed by atoms with Crippen molar-refractivity contribution in [3.63, 3.8) is 0 Å². The number of fused-ring (bicyclic) bond motifs is 2. The van der Waals surface area contributed by atoms with Crippen molar-refractivity contribution in [2.75, 3.05) is 11.9 Å². The van der Waals surface area contributed by atoms with Gasteiger partial charge in [0, 0.05) is 38.0 Å². The highest BCUT2D eigenvalue weighted by atomic mass is 32.1. The molecular formula is C21H21N7O2S. The van der Waals surface area contributed by atoms with Crippen LogP contribution in [0, 0.1) is 0 Å². The molecule has 0 atom stereocenters. The van der Waals surface area contributed by atoms with Crippen LogP contribution in [0.15, 0.2) is 47.7 Å². The zero-order valence-corrected chi connectivity index (χ0v) is 17.8. The fourth-order valence-corrected chi connectivity index (χ4v) is 4.84. The molecule has 0 saturated carbocycles. The van der Waals surface area contributed by atoms with Crippen molar-refractivity contribution in [1.29, 1.82) is 0 Å². The van der Waals surface area contributed by atoms with Crippen LogP contribution in [0.1, 0.15) is 16.1 Å². The molecule has 1 N–H and O–H groups in total. The van der Waals surface area contributed by atoms with E-state index in [4.69, 9.17) is 0 Å². The van der Waals surface area contributed by atoms with Crippen molar-refractivity contribution >= 4 is 33.4 Å². The minimum atomic E-state index is -0.306. The molecular weight excluding hydrogens is 414 g/mol. The third-order valence-corrected chi connectivity index (χ3v) is 6.34. The van der Waals surface area contributed by atoms with Crippen molar-refractivity contribution in [2.45, 2.75) is 26.1 Å². The summed E-state index contributed by atoms with van der Waals surface area (Å²) in [6, 6.07) is 10.4. The first-order valence-corrected chi connectivity index (χ1v) is 10.8. The maximum atomic E-state index is 12.5. The highest BCUT2D eigenvalue weighted by Crippen LogP contribution is 2.29. The van der Waals surface area contributed by atoms with Crippen LogP contribution in [-0.4, -0.2) is 41.7 Å². The SMILES string of the molecule is Cn1ncc2c(=O)n(CC(=O)Nc3nc4c(s3)CN(Cc3ccccc3)CC4)cnc21. The molecule has 9 nitrogen and oxygen atoms in total. The van der Waals surface area contributed by atoms with Crippen LogP contribution < -0.4 is 10.9 Å². The van der Waals surface area contributed by atoms with Gasteiger partial charge in [-0.3, -0.25) is 23.7 Å². The van der Waals surface area contributed by atoms with E-state index in [0.29, 0.717) is 16.2 Å². The summed E-state index contributed by atoms with van der Waals surface area (Å²) < 4.78 is 2.82. The number of hydrogen-bond donors (Lipinski definition) is 1. The molecule has 1 amide bonds. The van der Waals surface area contributed by atoms with E-state index in [1.54, 1.807) is 7.05 Å². The summed E-state index contributed by atoms with van der Waals surface area (Å²) in [4.78, 5) is 37.5. The molecule has 0 spiro atoms. The summed E-state index contributed by atoms with van der Waals surface area (Å²) in [5.41, 5.74) is 2.53. The van der Waals surface area contributed by atoms with Crippen molar-refractivity contribution in [1.82, 2.24) is 29.2 Å². The molecule has 1 aliphatic heterocycles. The normalized spacial score (nSPS) is 14.0. The molecule has 4 aromatic rings. The fourth-order valence-electron chi connectivity index (χ4n) is 3.77. The number of amides is 1. The summed E-state index contributed by atoms with van der Waals surface area (Å²) >= 11 is 1.50. The summed E-state index contributed by atoms with van der Waals surface area (Å²) in [5, 5.41) is 7.84. The molecule has 1 aromatic carbocycles. The lowest BCUT2D eigenvalue weighted by Crippen LogP contribution is -2.29. The van der Waals surface area contributed by atoms with E-state index in [0.717, 1.165) is 31.7 Å². The van der Waals surface area contributed by atoms with Crippen LogP contribution in [0.25, 0.3) is 11.0 Å². The molecule has 0 unspecified atom stereocenters. The highest BCUT2D eigenvalue weighted by Gasteiger charge is 2.21. The molecule has 1 aliphatic rings. The van der Waals surface area contributed by atoms with Gasteiger partial charge in [-0.25, -0.2) is 9.97 Å². The Hall–Kier alpha value is -3.37. The van der Waals surface area contributed by atoms with E-state index in [2.05, 4.69) is 49.5 Å². The first-order chi connectivity index (χ1) is 15.1. The quantitative estimate of drug-likeness (QED) is 0.513. The zero-order valence-electron chi connectivity index (χ0n) is 17.0. The number of nitrogens with zero attached hydrogens (tertiary/aromatic N) is 6. The Balaban J connectivity index is 1.25. The maximum absolute atomic E-state index is 12.5. The number of thiazole rings is 1. The topological polar surface area (TPSA) is 97.9 Å². The number of aryl methyl sites for hydroxylation is 1. The molecule has 158 valence electrons. The highest BCUT2D eigenvalue weighted by molar-refractivity contribution is 7.15. The number of anilines is 1. The van der Waals surface area contributed by atoms with Gasteiger partial charge in [0.1, 0.15) is 18.3 Å². The number of nitrogens with one attached hydrogen (secondary N) is 1. The molecule has 4 heterocycles. The Kier molecular flexibility index (Phi) is 5.08. The van der Waals surface area contributed by atoms with E-state index in [1.165, 1.54) is 43.6 Å².